The number of benzene rings is 1. The first kappa shape index (κ1) is 17.4. The fraction of sp³-hybridized carbons (Fsp3) is 0.150. The predicted octanol–water partition coefficient (Wildman–Crippen LogP) is 2.91. The van der Waals surface area contributed by atoms with E-state index in [4.69, 9.17) is 4.74 Å². The van der Waals surface area contributed by atoms with E-state index in [2.05, 4.69) is 10.3 Å². The SMILES string of the molecule is CC(=O)NC[C@@H](OC(=O)c1ccc(-n2cccc2)nc1)c1ccccc1. The molecule has 3 aromatic rings. The maximum absolute atomic E-state index is 12.5. The van der Waals surface area contributed by atoms with E-state index in [-0.39, 0.29) is 12.5 Å². The molecule has 0 spiro atoms. The van der Waals surface area contributed by atoms with E-state index in [0.29, 0.717) is 11.4 Å². The Morgan fingerprint density at radius 2 is 1.81 bits per heavy atom. The van der Waals surface area contributed by atoms with Crippen molar-refractivity contribution in [2.75, 3.05) is 6.54 Å². The highest BCUT2D eigenvalue weighted by atomic mass is 16.5. The second-order valence-electron chi connectivity index (χ2n) is 5.74. The van der Waals surface area contributed by atoms with Crippen LogP contribution in [0.5, 0.6) is 0 Å². The molecule has 0 radical (unpaired) electrons. The number of carbonyl (C=O) groups excluding carboxylic acids is 2. The zero-order valence-electron chi connectivity index (χ0n) is 14.3. The maximum Gasteiger partial charge on any atom is 0.340 e. The van der Waals surface area contributed by atoms with Crippen LogP contribution in [0.3, 0.4) is 0 Å². The Bertz CT molecular complexity index is 859. The molecule has 1 aromatic carbocycles. The second kappa shape index (κ2) is 8.11. The number of hydrogen-bond donors (Lipinski definition) is 1. The molecule has 0 saturated carbocycles. The molecule has 132 valence electrons. The van der Waals surface area contributed by atoms with Gasteiger partial charge in [-0.15, -0.1) is 0 Å². The van der Waals surface area contributed by atoms with Gasteiger partial charge in [-0.1, -0.05) is 30.3 Å². The van der Waals surface area contributed by atoms with Crippen LogP contribution < -0.4 is 5.32 Å². The van der Waals surface area contributed by atoms with E-state index < -0.39 is 12.1 Å². The van der Waals surface area contributed by atoms with Gasteiger partial charge in [0, 0.05) is 25.5 Å². The van der Waals surface area contributed by atoms with Crippen molar-refractivity contribution in [2.24, 2.45) is 0 Å². The molecule has 2 heterocycles. The van der Waals surface area contributed by atoms with Gasteiger partial charge in [0.15, 0.2) is 0 Å². The van der Waals surface area contributed by atoms with Gasteiger partial charge in [0.2, 0.25) is 5.91 Å². The summed E-state index contributed by atoms with van der Waals surface area (Å²) in [6.07, 6.45) is 4.66. The molecule has 1 amide bonds. The van der Waals surface area contributed by atoms with Crippen LogP contribution in [0.4, 0.5) is 0 Å². The minimum absolute atomic E-state index is 0.181. The Kier molecular flexibility index (Phi) is 5.43. The van der Waals surface area contributed by atoms with E-state index in [9.17, 15) is 9.59 Å². The van der Waals surface area contributed by atoms with Crippen LogP contribution in [0.1, 0.15) is 28.9 Å². The average Bonchev–Trinajstić information content (AvgIpc) is 3.20. The van der Waals surface area contributed by atoms with Crippen molar-refractivity contribution < 1.29 is 14.3 Å². The van der Waals surface area contributed by atoms with Crippen LogP contribution >= 0.6 is 0 Å². The van der Waals surface area contributed by atoms with Gasteiger partial charge < -0.3 is 14.6 Å². The Labute approximate surface area is 151 Å². The average molecular weight is 349 g/mol. The number of hydrogen-bond acceptors (Lipinski definition) is 4. The molecular weight excluding hydrogens is 330 g/mol. The first-order chi connectivity index (χ1) is 12.6. The number of carbonyl (C=O) groups is 2. The summed E-state index contributed by atoms with van der Waals surface area (Å²) in [6, 6.07) is 16.5. The maximum atomic E-state index is 12.5. The van der Waals surface area contributed by atoms with Gasteiger partial charge in [-0.25, -0.2) is 9.78 Å². The summed E-state index contributed by atoms with van der Waals surface area (Å²) in [4.78, 5) is 28.0. The Morgan fingerprint density at radius 1 is 1.08 bits per heavy atom. The first-order valence-corrected chi connectivity index (χ1v) is 8.23. The summed E-state index contributed by atoms with van der Waals surface area (Å²) in [5, 5.41) is 2.69. The molecule has 0 bridgehead atoms. The molecule has 2 aromatic heterocycles. The molecule has 3 rings (SSSR count). The molecule has 1 atom stereocenters. The molecule has 0 unspecified atom stereocenters. The Morgan fingerprint density at radius 3 is 2.42 bits per heavy atom. The van der Waals surface area contributed by atoms with Crippen LogP contribution in [0.25, 0.3) is 5.82 Å². The Balaban J connectivity index is 1.73. The van der Waals surface area contributed by atoms with Gasteiger partial charge in [0.1, 0.15) is 11.9 Å². The van der Waals surface area contributed by atoms with Crippen molar-refractivity contribution in [3.8, 4) is 5.82 Å². The first-order valence-electron chi connectivity index (χ1n) is 8.23. The quantitative estimate of drug-likeness (QED) is 0.695. The van der Waals surface area contributed by atoms with Gasteiger partial charge in [0.25, 0.3) is 0 Å². The van der Waals surface area contributed by atoms with E-state index in [0.717, 1.165) is 5.56 Å². The molecule has 6 nitrogen and oxygen atoms in total. The molecule has 1 N–H and O–H groups in total. The van der Waals surface area contributed by atoms with Crippen molar-refractivity contribution in [2.45, 2.75) is 13.0 Å². The van der Waals surface area contributed by atoms with Crippen LogP contribution in [0.15, 0.2) is 73.2 Å². The number of nitrogens with zero attached hydrogens (tertiary/aromatic N) is 2. The zero-order valence-corrected chi connectivity index (χ0v) is 14.3. The zero-order chi connectivity index (χ0) is 18.4. The monoisotopic (exact) mass is 349 g/mol. The summed E-state index contributed by atoms with van der Waals surface area (Å²) in [5.74, 6) is 0.0416. The summed E-state index contributed by atoms with van der Waals surface area (Å²) in [6.45, 7) is 1.63. The third-order valence-corrected chi connectivity index (χ3v) is 3.81. The van der Waals surface area contributed by atoms with E-state index in [1.807, 2.05) is 59.4 Å². The summed E-state index contributed by atoms with van der Waals surface area (Å²) in [7, 11) is 0. The summed E-state index contributed by atoms with van der Waals surface area (Å²) in [5.41, 5.74) is 1.16. The van der Waals surface area contributed by atoms with Crippen LogP contribution in [-0.2, 0) is 9.53 Å². The van der Waals surface area contributed by atoms with Crippen LogP contribution in [0.2, 0.25) is 0 Å². The molecule has 0 aliphatic carbocycles. The van der Waals surface area contributed by atoms with Crippen LogP contribution in [-0.4, -0.2) is 28.0 Å². The van der Waals surface area contributed by atoms with Crippen molar-refractivity contribution >= 4 is 11.9 Å². The van der Waals surface area contributed by atoms with Gasteiger partial charge in [-0.3, -0.25) is 4.79 Å². The van der Waals surface area contributed by atoms with Crippen molar-refractivity contribution in [1.82, 2.24) is 14.9 Å². The van der Waals surface area contributed by atoms with E-state index in [1.54, 1.807) is 12.1 Å². The third kappa shape index (κ3) is 4.36. The molecule has 0 aliphatic heterocycles. The van der Waals surface area contributed by atoms with Crippen molar-refractivity contribution in [3.63, 3.8) is 0 Å². The lowest BCUT2D eigenvalue weighted by atomic mass is 10.1. The second-order valence-corrected chi connectivity index (χ2v) is 5.74. The van der Waals surface area contributed by atoms with Crippen LogP contribution in [0, 0.1) is 0 Å². The van der Waals surface area contributed by atoms with Crippen molar-refractivity contribution in [3.05, 3.63) is 84.3 Å². The number of pyridine rings is 1. The van der Waals surface area contributed by atoms with E-state index >= 15 is 0 Å². The van der Waals surface area contributed by atoms with Gasteiger partial charge in [-0.2, -0.15) is 0 Å². The highest BCUT2D eigenvalue weighted by Gasteiger charge is 2.18. The largest absolute Gasteiger partial charge is 0.452 e. The smallest absolute Gasteiger partial charge is 0.340 e. The van der Waals surface area contributed by atoms with Gasteiger partial charge in [0.05, 0.1) is 12.1 Å². The minimum atomic E-state index is -0.572. The molecule has 0 fully saturated rings. The third-order valence-electron chi connectivity index (χ3n) is 3.81. The number of amides is 1. The normalized spacial score (nSPS) is 11.6. The van der Waals surface area contributed by atoms with Gasteiger partial charge in [-0.05, 0) is 29.8 Å². The standard InChI is InChI=1S/C20H19N3O3/c1-15(24)21-14-18(16-7-3-2-4-8-16)26-20(25)17-9-10-19(22-13-17)23-11-5-6-12-23/h2-13,18H,14H2,1H3,(H,21,24)/t18-/m1/s1. The summed E-state index contributed by atoms with van der Waals surface area (Å²) < 4.78 is 7.45. The molecule has 0 aliphatic rings. The molecular formula is C20H19N3O3. The highest BCUT2D eigenvalue weighted by molar-refractivity contribution is 5.89. The summed E-state index contributed by atoms with van der Waals surface area (Å²) >= 11 is 0. The molecule has 26 heavy (non-hydrogen) atoms. The topological polar surface area (TPSA) is 73.2 Å². The highest BCUT2D eigenvalue weighted by Crippen LogP contribution is 2.19. The molecule has 0 saturated heterocycles. The number of ether oxygens (including phenoxy) is 1. The number of nitrogens with one attached hydrogen (secondary N) is 1. The lowest BCUT2D eigenvalue weighted by molar-refractivity contribution is -0.119. The number of esters is 1. The lowest BCUT2D eigenvalue weighted by Crippen LogP contribution is -2.28. The minimum Gasteiger partial charge on any atom is -0.452 e. The predicted molar refractivity (Wildman–Crippen MR) is 96.8 cm³/mol. The number of aromatic nitrogens is 2. The van der Waals surface area contributed by atoms with E-state index in [1.165, 1.54) is 13.1 Å². The molecule has 6 heteroatoms. The lowest BCUT2D eigenvalue weighted by Gasteiger charge is -2.18. The number of rotatable bonds is 6. The Hall–Kier alpha value is -3.41. The fourth-order valence-electron chi connectivity index (χ4n) is 2.48. The fourth-order valence-corrected chi connectivity index (χ4v) is 2.48. The van der Waals surface area contributed by atoms with Crippen molar-refractivity contribution in [1.29, 1.82) is 0 Å². The van der Waals surface area contributed by atoms with Gasteiger partial charge >= 0.3 is 5.97 Å².